The van der Waals surface area contributed by atoms with E-state index in [1.54, 1.807) is 17.9 Å². The van der Waals surface area contributed by atoms with Crippen molar-refractivity contribution in [1.82, 2.24) is 23.6 Å². The highest BCUT2D eigenvalue weighted by atomic mass is 16.5. The number of hydrogen-bond acceptors (Lipinski definition) is 7. The van der Waals surface area contributed by atoms with E-state index in [2.05, 4.69) is 9.88 Å². The quantitative estimate of drug-likeness (QED) is 0.213. The van der Waals surface area contributed by atoms with Crippen molar-refractivity contribution in [3.8, 4) is 0 Å². The van der Waals surface area contributed by atoms with Gasteiger partial charge in [-0.05, 0) is 24.0 Å². The second-order valence-electron chi connectivity index (χ2n) is 11.3. The SMILES string of the molecule is Cn1c(=O)c2c(ncn2CCOCCN2C3CCC2CC(OC(=O)C(c2ccccc2)c2ccccc2)C3)n(C)c1=O. The molecule has 10 nitrogen and oxygen atoms in total. The molecule has 2 aromatic carbocycles. The molecule has 0 N–H and O–H groups in total. The van der Waals surface area contributed by atoms with Crippen LogP contribution in [0.15, 0.2) is 76.6 Å². The number of fused-ring (bicyclic) bond motifs is 3. The average molecular weight is 572 g/mol. The van der Waals surface area contributed by atoms with Crippen LogP contribution in [0.2, 0.25) is 0 Å². The van der Waals surface area contributed by atoms with Crippen LogP contribution in [0.25, 0.3) is 11.2 Å². The minimum absolute atomic E-state index is 0.0878. The first-order chi connectivity index (χ1) is 20.4. The smallest absolute Gasteiger partial charge is 0.332 e. The van der Waals surface area contributed by atoms with E-state index in [0.29, 0.717) is 43.0 Å². The Bertz CT molecular complexity index is 1610. The van der Waals surface area contributed by atoms with Crippen molar-refractivity contribution in [2.45, 2.75) is 56.3 Å². The van der Waals surface area contributed by atoms with Gasteiger partial charge in [-0.3, -0.25) is 23.6 Å². The Morgan fingerprint density at radius 1 is 0.881 bits per heavy atom. The molecule has 6 rings (SSSR count). The molecular formula is C32H37N5O5. The highest BCUT2D eigenvalue weighted by Crippen LogP contribution is 2.37. The van der Waals surface area contributed by atoms with Gasteiger partial charge in [0.25, 0.3) is 5.56 Å². The fourth-order valence-electron chi connectivity index (χ4n) is 6.67. The number of benzene rings is 2. The highest BCUT2D eigenvalue weighted by molar-refractivity contribution is 5.82. The van der Waals surface area contributed by atoms with E-state index in [1.807, 2.05) is 60.7 Å². The van der Waals surface area contributed by atoms with E-state index in [-0.39, 0.29) is 17.6 Å². The summed E-state index contributed by atoms with van der Waals surface area (Å²) in [6, 6.07) is 20.5. The van der Waals surface area contributed by atoms with Crippen molar-refractivity contribution in [3.05, 3.63) is 99.0 Å². The zero-order valence-electron chi connectivity index (χ0n) is 24.1. The summed E-state index contributed by atoms with van der Waals surface area (Å²) in [5.41, 5.74) is 1.92. The van der Waals surface area contributed by atoms with Crippen molar-refractivity contribution in [2.75, 3.05) is 19.8 Å². The van der Waals surface area contributed by atoms with E-state index in [4.69, 9.17) is 9.47 Å². The van der Waals surface area contributed by atoms with Gasteiger partial charge >= 0.3 is 11.7 Å². The molecule has 2 saturated heterocycles. The van der Waals surface area contributed by atoms with Crippen LogP contribution >= 0.6 is 0 Å². The van der Waals surface area contributed by atoms with Crippen molar-refractivity contribution in [2.24, 2.45) is 14.1 Å². The number of nitrogens with zero attached hydrogens (tertiary/aromatic N) is 5. The maximum Gasteiger partial charge on any atom is 0.332 e. The number of aryl methyl sites for hydroxylation is 1. The van der Waals surface area contributed by atoms with Crippen LogP contribution in [0, 0.1) is 0 Å². The zero-order chi connectivity index (χ0) is 29.2. The third-order valence-electron chi connectivity index (χ3n) is 8.81. The van der Waals surface area contributed by atoms with Gasteiger partial charge in [0.15, 0.2) is 11.2 Å². The zero-order valence-corrected chi connectivity index (χ0v) is 24.1. The molecule has 0 radical (unpaired) electrons. The van der Waals surface area contributed by atoms with Crippen LogP contribution in [0.5, 0.6) is 0 Å². The molecule has 0 saturated carbocycles. The molecule has 4 aromatic rings. The first-order valence-electron chi connectivity index (χ1n) is 14.7. The minimum atomic E-state index is -0.436. The average Bonchev–Trinajstić information content (AvgIpc) is 3.53. The predicted molar refractivity (Wildman–Crippen MR) is 158 cm³/mol. The number of imidazole rings is 1. The fourth-order valence-corrected chi connectivity index (χ4v) is 6.67. The number of piperidine rings is 1. The van der Waals surface area contributed by atoms with E-state index < -0.39 is 11.6 Å². The Morgan fingerprint density at radius 3 is 2.10 bits per heavy atom. The summed E-state index contributed by atoms with van der Waals surface area (Å²) in [5.74, 6) is -0.621. The third-order valence-corrected chi connectivity index (χ3v) is 8.81. The largest absolute Gasteiger partial charge is 0.462 e. The maximum atomic E-state index is 13.5. The molecule has 4 heterocycles. The highest BCUT2D eigenvalue weighted by Gasteiger charge is 2.42. The van der Waals surface area contributed by atoms with Gasteiger partial charge in [-0.15, -0.1) is 0 Å². The van der Waals surface area contributed by atoms with Gasteiger partial charge in [-0.25, -0.2) is 9.78 Å². The summed E-state index contributed by atoms with van der Waals surface area (Å²) in [7, 11) is 3.09. The molecule has 10 heteroatoms. The van der Waals surface area contributed by atoms with Crippen molar-refractivity contribution < 1.29 is 14.3 Å². The van der Waals surface area contributed by atoms with E-state index in [9.17, 15) is 14.4 Å². The van der Waals surface area contributed by atoms with Gasteiger partial charge in [0, 0.05) is 52.1 Å². The predicted octanol–water partition coefficient (Wildman–Crippen LogP) is 2.82. The molecule has 0 spiro atoms. The number of ether oxygens (including phenoxy) is 2. The molecule has 2 fully saturated rings. The number of rotatable bonds is 10. The molecule has 2 unspecified atom stereocenters. The van der Waals surface area contributed by atoms with Crippen LogP contribution in [0.3, 0.4) is 0 Å². The lowest BCUT2D eigenvalue weighted by atomic mass is 9.91. The van der Waals surface area contributed by atoms with Gasteiger partial charge < -0.3 is 14.0 Å². The molecule has 0 aliphatic carbocycles. The van der Waals surface area contributed by atoms with E-state index >= 15 is 0 Å². The third kappa shape index (κ3) is 5.44. The van der Waals surface area contributed by atoms with E-state index in [0.717, 1.165) is 47.9 Å². The summed E-state index contributed by atoms with van der Waals surface area (Å²) < 4.78 is 16.4. The fraction of sp³-hybridized carbons (Fsp3) is 0.438. The summed E-state index contributed by atoms with van der Waals surface area (Å²) in [6.45, 7) is 2.29. The lowest BCUT2D eigenvalue weighted by Crippen LogP contribution is -2.47. The normalized spacial score (nSPS) is 20.4. The molecule has 42 heavy (non-hydrogen) atoms. The first-order valence-corrected chi connectivity index (χ1v) is 14.7. The van der Waals surface area contributed by atoms with Gasteiger partial charge in [-0.1, -0.05) is 60.7 Å². The first kappa shape index (κ1) is 28.1. The van der Waals surface area contributed by atoms with Crippen LogP contribution in [0.1, 0.15) is 42.7 Å². The number of aromatic nitrogens is 4. The Hall–Kier alpha value is -4.02. The number of carbonyl (C=O) groups is 1. The van der Waals surface area contributed by atoms with Crippen molar-refractivity contribution in [1.29, 1.82) is 0 Å². The monoisotopic (exact) mass is 571 g/mol. The standard InChI is InChI=1S/C32H37N5O5/c1-34-29-28(30(38)35(2)32(34)40)36(21-33-29)15-17-41-18-16-37-24-13-14-25(37)20-26(19-24)42-31(39)27(22-9-5-3-6-10-22)23-11-7-4-8-12-23/h3-12,21,24-27H,13-20H2,1-2H3. The Balaban J connectivity index is 1.02. The molecule has 2 aliphatic rings. The lowest BCUT2D eigenvalue weighted by molar-refractivity contribution is -0.153. The topological polar surface area (TPSA) is 101 Å². The second-order valence-corrected chi connectivity index (χ2v) is 11.3. The lowest BCUT2D eigenvalue weighted by Gasteiger charge is -2.38. The van der Waals surface area contributed by atoms with Crippen molar-refractivity contribution in [3.63, 3.8) is 0 Å². The summed E-state index contributed by atoms with van der Waals surface area (Å²) >= 11 is 0. The van der Waals surface area contributed by atoms with Crippen molar-refractivity contribution >= 4 is 17.1 Å². The molecular weight excluding hydrogens is 534 g/mol. The molecule has 0 amide bonds. The molecule has 2 bridgehead atoms. The molecule has 220 valence electrons. The van der Waals surface area contributed by atoms with Gasteiger partial charge in [-0.2, -0.15) is 0 Å². The minimum Gasteiger partial charge on any atom is -0.462 e. The summed E-state index contributed by atoms with van der Waals surface area (Å²) in [6.07, 6.45) is 5.37. The summed E-state index contributed by atoms with van der Waals surface area (Å²) in [5, 5.41) is 0. The Morgan fingerprint density at radius 2 is 1.48 bits per heavy atom. The molecule has 2 aliphatic heterocycles. The maximum absolute atomic E-state index is 13.5. The van der Waals surface area contributed by atoms with E-state index in [1.165, 1.54) is 11.6 Å². The molecule has 2 atom stereocenters. The number of carbonyl (C=O) groups excluding carboxylic acids is 1. The van der Waals surface area contributed by atoms with Crippen LogP contribution in [-0.4, -0.2) is 67.5 Å². The Labute approximate surface area is 244 Å². The molecule has 2 aromatic heterocycles. The number of esters is 1. The van der Waals surface area contributed by atoms with Crippen LogP contribution in [-0.2, 0) is 34.9 Å². The van der Waals surface area contributed by atoms with Gasteiger partial charge in [0.05, 0.1) is 19.5 Å². The van der Waals surface area contributed by atoms with Gasteiger partial charge in [0.2, 0.25) is 0 Å². The number of hydrogen-bond donors (Lipinski definition) is 0. The summed E-state index contributed by atoms with van der Waals surface area (Å²) in [4.78, 5) is 45.1. The van der Waals surface area contributed by atoms with Crippen LogP contribution < -0.4 is 11.2 Å². The second kappa shape index (κ2) is 12.1. The van der Waals surface area contributed by atoms with Gasteiger partial charge in [0.1, 0.15) is 12.0 Å². The Kier molecular flexibility index (Phi) is 8.08. The van der Waals surface area contributed by atoms with Crippen LogP contribution in [0.4, 0.5) is 0 Å².